The van der Waals surface area contributed by atoms with Gasteiger partial charge in [-0.25, -0.2) is 9.59 Å². The fraction of sp³-hybridized carbons (Fsp3) is 0.436. The number of carbonyl (C=O) groups excluding carboxylic acids is 2. The topological polar surface area (TPSA) is 219 Å². The van der Waals surface area contributed by atoms with Gasteiger partial charge in [-0.1, -0.05) is 66.5 Å². The van der Waals surface area contributed by atoms with Crippen LogP contribution in [-0.2, 0) is 38.8 Å². The summed E-state index contributed by atoms with van der Waals surface area (Å²) in [6.07, 6.45) is 6.53. The van der Waals surface area contributed by atoms with E-state index in [9.17, 15) is 25.1 Å². The molecule has 0 unspecified atom stereocenters. The number of aliphatic hydroxyl groups excluding tert-OH is 2. The molecule has 1 saturated carbocycles. The van der Waals surface area contributed by atoms with Gasteiger partial charge in [-0.15, -0.1) is 6.58 Å². The number of aliphatic hydroxyl groups is 2. The smallest absolute Gasteiger partial charge is 0.412 e. The molecule has 3 N–H and O–H groups in total. The Kier molecular flexibility index (Phi) is 18.0. The van der Waals surface area contributed by atoms with E-state index in [0.717, 1.165) is 23.1 Å². The van der Waals surface area contributed by atoms with Crippen LogP contribution in [0.4, 0.5) is 15.3 Å². The molecule has 1 fully saturated rings. The van der Waals surface area contributed by atoms with Crippen molar-refractivity contribution in [3.05, 3.63) is 148 Å². The van der Waals surface area contributed by atoms with Crippen molar-refractivity contribution in [1.82, 2.24) is 10.2 Å². The second-order valence-electron chi connectivity index (χ2n) is 18.4. The number of non-ortho nitro benzene ring substituents is 1. The van der Waals surface area contributed by atoms with Crippen LogP contribution in [0.3, 0.4) is 0 Å². The predicted molar refractivity (Wildman–Crippen MR) is 268 cm³/mol. The summed E-state index contributed by atoms with van der Waals surface area (Å²) in [5, 5.41) is 39.1. The van der Waals surface area contributed by atoms with Gasteiger partial charge in [0, 0.05) is 56.3 Å². The van der Waals surface area contributed by atoms with Crippen molar-refractivity contribution in [3.63, 3.8) is 0 Å². The van der Waals surface area contributed by atoms with Crippen LogP contribution in [0.25, 0.3) is 0 Å². The molecular formula is C55H64N4O14. The van der Waals surface area contributed by atoms with Crippen molar-refractivity contribution < 1.29 is 62.7 Å². The molecule has 4 aromatic carbocycles. The summed E-state index contributed by atoms with van der Waals surface area (Å²) in [6.45, 7) is 6.62. The number of amides is 2. The lowest BCUT2D eigenvalue weighted by molar-refractivity contribution is -0.384. The Hall–Kier alpha value is -6.99. The number of carbonyl (C=O) groups is 2. The van der Waals surface area contributed by atoms with Gasteiger partial charge in [-0.3, -0.25) is 15.0 Å². The minimum atomic E-state index is -1.65. The Morgan fingerprint density at radius 3 is 2.40 bits per heavy atom. The minimum absolute atomic E-state index is 0.00315. The quantitative estimate of drug-likeness (QED) is 0.0244. The maximum Gasteiger partial charge on any atom is 0.412 e. The average Bonchev–Trinajstić information content (AvgIpc) is 3.87. The standard InChI is InChI=1S/C55H64N4O14/c1-3-26-70-55-50(58(33-39-18-22-48-49(29-39)69-36-68-48)54(63)67-28-27-66-34-37-12-6-5-7-13-37)32-46(57-71-35-38-16-19-41(20-17-38)59(64)65)44-30-40(14-8-10-24-60)43(15-9-11-25-61)51(52(44)55)45-31-42(21-23-47(45)73-55)72-53(62)56-4-2/h3,5-7,12-13,16-23,29-31,40,43,50-52,60-61H,1,4,8-11,14-15,24-28,32-36H2,2H3,(H,56,62)/t40-,43+,50-,51+,52+,55+/m0/s1. The third kappa shape index (κ3) is 12.4. The lowest BCUT2D eigenvalue weighted by Crippen LogP contribution is -2.70. The molecule has 2 aliphatic heterocycles. The van der Waals surface area contributed by atoms with Crippen LogP contribution in [-0.4, -0.2) is 96.1 Å². The fourth-order valence-electron chi connectivity index (χ4n) is 10.5. The normalized spacial score (nSPS) is 21.7. The van der Waals surface area contributed by atoms with E-state index in [-0.39, 0.29) is 76.9 Å². The molecular weight excluding hydrogens is 941 g/mol. The van der Waals surface area contributed by atoms with Crippen molar-refractivity contribution in [1.29, 1.82) is 0 Å². The number of benzene rings is 4. The van der Waals surface area contributed by atoms with E-state index in [0.29, 0.717) is 85.1 Å². The lowest BCUT2D eigenvalue weighted by atomic mass is 9.55. The van der Waals surface area contributed by atoms with Crippen LogP contribution < -0.4 is 24.3 Å². The second kappa shape index (κ2) is 25.1. The van der Waals surface area contributed by atoms with Crippen LogP contribution in [0, 0.1) is 27.9 Å². The van der Waals surface area contributed by atoms with E-state index < -0.39 is 40.8 Å². The first-order valence-electron chi connectivity index (χ1n) is 25.0. The molecule has 4 aromatic rings. The Morgan fingerprint density at radius 2 is 1.64 bits per heavy atom. The first-order chi connectivity index (χ1) is 35.7. The molecule has 0 radical (unpaired) electrons. The maximum absolute atomic E-state index is 15.1. The molecule has 0 aromatic heterocycles. The number of nitrogens with zero attached hydrogens (tertiary/aromatic N) is 3. The summed E-state index contributed by atoms with van der Waals surface area (Å²) < 4.78 is 43.8. The summed E-state index contributed by atoms with van der Waals surface area (Å²) in [4.78, 5) is 46.9. The SMILES string of the molecule is C=CCO[C@@]12Oc3ccc(OC(=O)NCC)cc3[C@H]3[C@H](CCCCO)[C@@H](CCCCO)C=C(C(=NOCc4ccc([N+](=O)[O-])cc4)C[C@@H]1N(Cc1ccc4c(c1)OCO4)C(=O)OCCOCc1ccccc1)[C@H]32. The second-order valence-corrected chi connectivity index (χ2v) is 18.4. The maximum atomic E-state index is 15.1. The van der Waals surface area contributed by atoms with Crippen LogP contribution in [0.5, 0.6) is 23.0 Å². The summed E-state index contributed by atoms with van der Waals surface area (Å²) in [7, 11) is 0. The highest BCUT2D eigenvalue weighted by Crippen LogP contribution is 2.62. The number of allylic oxidation sites excluding steroid dienone is 1. The third-order valence-electron chi connectivity index (χ3n) is 13.7. The van der Waals surface area contributed by atoms with Crippen molar-refractivity contribution in [3.8, 4) is 23.0 Å². The molecule has 18 nitrogen and oxygen atoms in total. The Labute approximate surface area is 424 Å². The number of nitro groups is 1. The molecule has 2 heterocycles. The molecule has 18 heteroatoms. The van der Waals surface area contributed by atoms with Gasteiger partial charge in [-0.2, -0.15) is 0 Å². The van der Waals surface area contributed by atoms with Crippen LogP contribution >= 0.6 is 0 Å². The third-order valence-corrected chi connectivity index (χ3v) is 13.7. The highest BCUT2D eigenvalue weighted by molar-refractivity contribution is 6.03. The van der Waals surface area contributed by atoms with E-state index in [1.165, 1.54) is 12.1 Å². The average molecular weight is 1010 g/mol. The minimum Gasteiger partial charge on any atom is -0.459 e. The first-order valence-corrected chi connectivity index (χ1v) is 25.0. The highest BCUT2D eigenvalue weighted by atomic mass is 16.7. The molecule has 0 saturated heterocycles. The number of oxime groups is 1. The number of nitrogens with one attached hydrogen (secondary N) is 1. The van der Waals surface area contributed by atoms with Crippen molar-refractivity contribution >= 4 is 23.6 Å². The number of hydrogen-bond acceptors (Lipinski definition) is 15. The molecule has 8 rings (SSSR count). The van der Waals surface area contributed by atoms with Crippen molar-refractivity contribution in [2.75, 3.05) is 46.4 Å². The lowest BCUT2D eigenvalue weighted by Gasteiger charge is -2.59. The fourth-order valence-corrected chi connectivity index (χ4v) is 10.5. The van der Waals surface area contributed by atoms with Gasteiger partial charge in [0.1, 0.15) is 30.8 Å². The predicted octanol–water partition coefficient (Wildman–Crippen LogP) is 9.12. The summed E-state index contributed by atoms with van der Waals surface area (Å²) in [6, 6.07) is 25.5. The Balaban J connectivity index is 1.28. The van der Waals surface area contributed by atoms with E-state index >= 15 is 4.79 Å². The number of ether oxygens (including phenoxy) is 7. The highest BCUT2D eigenvalue weighted by Gasteiger charge is 2.66. The first kappa shape index (κ1) is 52.3. The number of rotatable bonds is 25. The molecule has 73 heavy (non-hydrogen) atoms. The number of nitro benzene ring substituents is 1. The number of fused-ring (bicyclic) bond motifs is 3. The molecule has 2 aliphatic carbocycles. The largest absolute Gasteiger partial charge is 0.459 e. The molecule has 6 atom stereocenters. The van der Waals surface area contributed by atoms with Gasteiger partial charge in [0.2, 0.25) is 12.6 Å². The van der Waals surface area contributed by atoms with E-state index in [1.807, 2.05) is 48.5 Å². The zero-order chi connectivity index (χ0) is 51.2. The molecule has 0 spiro atoms. The van der Waals surface area contributed by atoms with E-state index in [2.05, 4.69) is 18.0 Å². The molecule has 0 bridgehead atoms. The Morgan fingerprint density at radius 1 is 0.904 bits per heavy atom. The van der Waals surface area contributed by atoms with Crippen LogP contribution in [0.1, 0.15) is 80.0 Å². The van der Waals surface area contributed by atoms with Crippen molar-refractivity contribution in [2.24, 2.45) is 22.9 Å². The summed E-state index contributed by atoms with van der Waals surface area (Å²) in [5.74, 6) is -1.14. The Bertz CT molecular complexity index is 2590. The van der Waals surface area contributed by atoms with Gasteiger partial charge in [-0.05, 0) is 109 Å². The molecule has 4 aliphatic rings. The van der Waals surface area contributed by atoms with Gasteiger partial charge < -0.3 is 53.5 Å². The number of hydrogen-bond donors (Lipinski definition) is 3. The molecule has 388 valence electrons. The van der Waals surface area contributed by atoms with Crippen LogP contribution in [0.15, 0.2) is 120 Å². The number of unbranched alkanes of at least 4 members (excludes halogenated alkanes) is 2. The van der Waals surface area contributed by atoms with Gasteiger partial charge in [0.05, 0.1) is 36.4 Å². The van der Waals surface area contributed by atoms with Crippen LogP contribution in [0.2, 0.25) is 0 Å². The van der Waals surface area contributed by atoms with E-state index in [4.69, 9.17) is 43.2 Å². The molecule has 2 amide bonds. The monoisotopic (exact) mass is 1000 g/mol. The van der Waals surface area contributed by atoms with Gasteiger partial charge >= 0.3 is 12.2 Å². The zero-order valence-electron chi connectivity index (χ0n) is 41.1. The summed E-state index contributed by atoms with van der Waals surface area (Å²) >= 11 is 0. The van der Waals surface area contributed by atoms with E-state index in [1.54, 1.807) is 48.2 Å². The zero-order valence-corrected chi connectivity index (χ0v) is 41.1. The van der Waals surface area contributed by atoms with Gasteiger partial charge in [0.15, 0.2) is 11.5 Å². The summed E-state index contributed by atoms with van der Waals surface area (Å²) in [5.41, 5.74) is 4.29. The van der Waals surface area contributed by atoms with Crippen molar-refractivity contribution in [2.45, 2.75) is 89.4 Å². The van der Waals surface area contributed by atoms with Gasteiger partial charge in [0.25, 0.3) is 5.69 Å².